The molecule has 1 fully saturated rings. The van der Waals surface area contributed by atoms with Crippen LogP contribution in [0.25, 0.3) is 0 Å². The number of likely N-dealkylation sites (N-methyl/N-ethyl adjacent to an activating group) is 1. The molecule has 0 radical (unpaired) electrons. The van der Waals surface area contributed by atoms with E-state index in [-0.39, 0.29) is 11.8 Å². The molecule has 0 spiro atoms. The van der Waals surface area contributed by atoms with Crippen molar-refractivity contribution in [2.45, 2.75) is 12.5 Å². The summed E-state index contributed by atoms with van der Waals surface area (Å²) in [6, 6.07) is 5.15. The number of nitrogens with one attached hydrogen (secondary N) is 3. The van der Waals surface area contributed by atoms with Crippen molar-refractivity contribution in [3.8, 4) is 0 Å². The number of hydrogen-bond acceptors (Lipinski definition) is 4. The van der Waals surface area contributed by atoms with Crippen LogP contribution in [0.3, 0.4) is 0 Å². The van der Waals surface area contributed by atoms with E-state index in [9.17, 15) is 9.59 Å². The minimum absolute atomic E-state index is 0.0192. The fourth-order valence-corrected chi connectivity index (χ4v) is 2.66. The molecule has 6 nitrogen and oxygen atoms in total. The van der Waals surface area contributed by atoms with Crippen molar-refractivity contribution in [2.24, 2.45) is 0 Å². The van der Waals surface area contributed by atoms with Gasteiger partial charge in [0, 0.05) is 26.7 Å². The van der Waals surface area contributed by atoms with Gasteiger partial charge in [0.2, 0.25) is 5.91 Å². The van der Waals surface area contributed by atoms with Gasteiger partial charge in [0.25, 0.3) is 5.91 Å². The molecule has 2 amide bonds. The van der Waals surface area contributed by atoms with Crippen LogP contribution >= 0.6 is 0 Å². The summed E-state index contributed by atoms with van der Waals surface area (Å²) in [4.78, 5) is 25.9. The molecule has 2 aliphatic heterocycles. The second kappa shape index (κ2) is 5.03. The quantitative estimate of drug-likeness (QED) is 0.733. The third kappa shape index (κ3) is 2.17. The maximum Gasteiger partial charge on any atom is 0.254 e. The summed E-state index contributed by atoms with van der Waals surface area (Å²) in [5.41, 5.74) is 2.32. The summed E-state index contributed by atoms with van der Waals surface area (Å²) < 4.78 is 0. The molecule has 2 heterocycles. The first-order valence-corrected chi connectivity index (χ1v) is 6.83. The molecule has 106 valence electrons. The largest absolute Gasteiger partial charge is 0.382 e. The molecular formula is C14H18N4O2. The van der Waals surface area contributed by atoms with Crippen molar-refractivity contribution >= 4 is 23.2 Å². The highest BCUT2D eigenvalue weighted by atomic mass is 16.2. The summed E-state index contributed by atoms with van der Waals surface area (Å²) >= 11 is 0. The zero-order valence-corrected chi connectivity index (χ0v) is 11.4. The van der Waals surface area contributed by atoms with Gasteiger partial charge in [-0.15, -0.1) is 0 Å². The van der Waals surface area contributed by atoms with E-state index >= 15 is 0 Å². The van der Waals surface area contributed by atoms with Crippen molar-refractivity contribution in [2.75, 3.05) is 37.3 Å². The second-order valence-electron chi connectivity index (χ2n) is 5.16. The lowest BCUT2D eigenvalue weighted by Crippen LogP contribution is -2.41. The molecule has 1 atom stereocenters. The molecule has 20 heavy (non-hydrogen) atoms. The maximum absolute atomic E-state index is 12.4. The van der Waals surface area contributed by atoms with Gasteiger partial charge in [-0.2, -0.15) is 0 Å². The Balaban J connectivity index is 1.79. The molecule has 2 aliphatic rings. The number of hydrogen-bond donors (Lipinski definition) is 3. The second-order valence-corrected chi connectivity index (χ2v) is 5.16. The van der Waals surface area contributed by atoms with Crippen LogP contribution < -0.4 is 16.0 Å². The SMILES string of the molecule is CN1CCC(NC(=O)c2cccc3c2NCCN3)C1=O. The number of rotatable bonds is 2. The Morgan fingerprint density at radius 2 is 2.15 bits per heavy atom. The van der Waals surface area contributed by atoms with E-state index in [1.807, 2.05) is 12.1 Å². The van der Waals surface area contributed by atoms with Gasteiger partial charge >= 0.3 is 0 Å². The lowest BCUT2D eigenvalue weighted by Gasteiger charge is -2.22. The molecule has 0 bridgehead atoms. The molecule has 1 unspecified atom stereocenters. The Bertz CT molecular complexity index is 558. The van der Waals surface area contributed by atoms with E-state index in [1.165, 1.54) is 0 Å². The molecule has 6 heteroatoms. The van der Waals surface area contributed by atoms with E-state index in [0.717, 1.165) is 24.5 Å². The lowest BCUT2D eigenvalue weighted by molar-refractivity contribution is -0.128. The van der Waals surface area contributed by atoms with Crippen LogP contribution in [-0.4, -0.2) is 49.4 Å². The Morgan fingerprint density at radius 3 is 2.90 bits per heavy atom. The number of carbonyl (C=O) groups is 2. The molecule has 0 aromatic heterocycles. The average molecular weight is 274 g/mol. The maximum atomic E-state index is 12.4. The Hall–Kier alpha value is -2.24. The van der Waals surface area contributed by atoms with Gasteiger partial charge in [-0.25, -0.2) is 0 Å². The topological polar surface area (TPSA) is 73.5 Å². The number of para-hydroxylation sites is 1. The fourth-order valence-electron chi connectivity index (χ4n) is 2.66. The van der Waals surface area contributed by atoms with Crippen LogP contribution in [0, 0.1) is 0 Å². The first-order chi connectivity index (χ1) is 9.66. The van der Waals surface area contributed by atoms with E-state index in [1.54, 1.807) is 18.0 Å². The van der Waals surface area contributed by atoms with Crippen LogP contribution in [-0.2, 0) is 4.79 Å². The predicted molar refractivity (Wildman–Crippen MR) is 76.9 cm³/mol. The van der Waals surface area contributed by atoms with Crippen molar-refractivity contribution < 1.29 is 9.59 Å². The van der Waals surface area contributed by atoms with Gasteiger partial charge in [-0.05, 0) is 18.6 Å². The summed E-state index contributed by atoms with van der Waals surface area (Å²) in [6.45, 7) is 2.31. The van der Waals surface area contributed by atoms with Crippen LogP contribution in [0.1, 0.15) is 16.8 Å². The van der Waals surface area contributed by atoms with Gasteiger partial charge in [0.15, 0.2) is 0 Å². The van der Waals surface area contributed by atoms with Crippen molar-refractivity contribution in [3.05, 3.63) is 23.8 Å². The van der Waals surface area contributed by atoms with E-state index < -0.39 is 6.04 Å². The molecule has 0 saturated carbocycles. The van der Waals surface area contributed by atoms with Crippen LogP contribution in [0.15, 0.2) is 18.2 Å². The summed E-state index contributed by atoms with van der Waals surface area (Å²) in [7, 11) is 1.75. The normalized spacial score (nSPS) is 20.9. The summed E-state index contributed by atoms with van der Waals surface area (Å²) in [5.74, 6) is -0.221. The lowest BCUT2D eigenvalue weighted by atomic mass is 10.1. The van der Waals surface area contributed by atoms with E-state index in [2.05, 4.69) is 16.0 Å². The summed E-state index contributed by atoms with van der Waals surface area (Å²) in [5, 5.41) is 9.32. The molecular weight excluding hydrogens is 256 g/mol. The molecule has 0 aliphatic carbocycles. The van der Waals surface area contributed by atoms with Crippen molar-refractivity contribution in [3.63, 3.8) is 0 Å². The molecule has 3 N–H and O–H groups in total. The average Bonchev–Trinajstić information content (AvgIpc) is 2.78. The minimum Gasteiger partial charge on any atom is -0.382 e. The molecule has 3 rings (SSSR count). The van der Waals surface area contributed by atoms with Crippen molar-refractivity contribution in [1.29, 1.82) is 0 Å². The zero-order valence-electron chi connectivity index (χ0n) is 11.4. The van der Waals surface area contributed by atoms with Gasteiger partial charge in [-0.1, -0.05) is 6.07 Å². The van der Waals surface area contributed by atoms with E-state index in [0.29, 0.717) is 18.5 Å². The number of nitrogens with zero attached hydrogens (tertiary/aromatic N) is 1. The third-order valence-electron chi connectivity index (χ3n) is 3.78. The van der Waals surface area contributed by atoms with Crippen LogP contribution in [0.5, 0.6) is 0 Å². The smallest absolute Gasteiger partial charge is 0.254 e. The predicted octanol–water partition coefficient (Wildman–Crippen LogP) is 0.484. The van der Waals surface area contributed by atoms with Gasteiger partial charge in [-0.3, -0.25) is 9.59 Å². The van der Waals surface area contributed by atoms with Gasteiger partial charge in [0.1, 0.15) is 6.04 Å². The zero-order chi connectivity index (χ0) is 14.1. The van der Waals surface area contributed by atoms with Crippen molar-refractivity contribution in [1.82, 2.24) is 10.2 Å². The number of benzene rings is 1. The minimum atomic E-state index is -0.403. The first-order valence-electron chi connectivity index (χ1n) is 6.83. The first kappa shape index (κ1) is 12.8. The monoisotopic (exact) mass is 274 g/mol. The summed E-state index contributed by atoms with van der Waals surface area (Å²) in [6.07, 6.45) is 0.668. The molecule has 1 saturated heterocycles. The van der Waals surface area contributed by atoms with Gasteiger partial charge in [0.05, 0.1) is 16.9 Å². The number of fused-ring (bicyclic) bond motifs is 1. The Kier molecular flexibility index (Phi) is 3.22. The Labute approximate surface area is 117 Å². The number of likely N-dealkylation sites (tertiary alicyclic amines) is 1. The highest BCUT2D eigenvalue weighted by Crippen LogP contribution is 2.28. The number of carbonyl (C=O) groups excluding carboxylic acids is 2. The number of anilines is 2. The third-order valence-corrected chi connectivity index (χ3v) is 3.78. The van der Waals surface area contributed by atoms with Crippen LogP contribution in [0.4, 0.5) is 11.4 Å². The molecule has 1 aromatic carbocycles. The van der Waals surface area contributed by atoms with Gasteiger partial charge < -0.3 is 20.9 Å². The standard InChI is InChI=1S/C14H18N4O2/c1-18-8-5-11(14(18)20)17-13(19)9-3-2-4-10-12(9)16-7-6-15-10/h2-4,11,15-16H,5-8H2,1H3,(H,17,19). The Morgan fingerprint density at radius 1 is 1.35 bits per heavy atom. The highest BCUT2D eigenvalue weighted by Gasteiger charge is 2.31. The van der Waals surface area contributed by atoms with Crippen LogP contribution in [0.2, 0.25) is 0 Å². The highest BCUT2D eigenvalue weighted by molar-refractivity contribution is 6.04. The fraction of sp³-hybridized carbons (Fsp3) is 0.429. The molecule has 1 aromatic rings. The van der Waals surface area contributed by atoms with E-state index in [4.69, 9.17) is 0 Å². The number of amides is 2.